The van der Waals surface area contributed by atoms with Crippen molar-refractivity contribution >= 4 is 0 Å². The molecule has 2 rings (SSSR count). The molecular weight excluding hydrogens is 298 g/mol. The quantitative estimate of drug-likeness (QED) is 0.554. The minimum atomic E-state index is 0.721. The van der Waals surface area contributed by atoms with E-state index < -0.39 is 0 Å². The van der Waals surface area contributed by atoms with Gasteiger partial charge in [0.25, 0.3) is 0 Å². The molecule has 0 spiro atoms. The highest BCUT2D eigenvalue weighted by Gasteiger charge is 2.09. The van der Waals surface area contributed by atoms with E-state index in [1.54, 1.807) is 14.2 Å². The second-order valence-corrected chi connectivity index (χ2v) is 5.91. The average molecular weight is 325 g/mol. The highest BCUT2D eigenvalue weighted by molar-refractivity contribution is 5.40. The molecule has 3 nitrogen and oxygen atoms in total. The summed E-state index contributed by atoms with van der Waals surface area (Å²) in [5.41, 5.74) is 2.42. The van der Waals surface area contributed by atoms with Gasteiger partial charge in [0, 0.05) is 24.7 Å². The molecule has 0 heterocycles. The summed E-state index contributed by atoms with van der Waals surface area (Å²) in [7, 11) is 3.35. The van der Waals surface area contributed by atoms with Crippen LogP contribution in [0.5, 0.6) is 11.5 Å². The van der Waals surface area contributed by atoms with Crippen LogP contribution in [-0.4, -0.2) is 32.2 Å². The standard InChI is InChI=1S/C21H27NO2/c1-4-14-22(15-8-11-18-9-6-5-7-10-18)17-19-12-13-20(23-2)16-21(19)24-3/h4,9,12-13,16H,1,5-7,10,14-15,17H2,2-3H3. The van der Waals surface area contributed by atoms with E-state index in [1.165, 1.54) is 24.8 Å². The fourth-order valence-electron chi connectivity index (χ4n) is 2.81. The van der Waals surface area contributed by atoms with Crippen LogP contribution in [-0.2, 0) is 6.54 Å². The average Bonchev–Trinajstić information content (AvgIpc) is 2.63. The Morgan fingerprint density at radius 1 is 1.25 bits per heavy atom. The first-order valence-electron chi connectivity index (χ1n) is 8.49. The molecule has 1 aromatic rings. The van der Waals surface area contributed by atoms with Gasteiger partial charge in [0.1, 0.15) is 11.5 Å². The van der Waals surface area contributed by atoms with Gasteiger partial charge in [-0.05, 0) is 37.3 Å². The van der Waals surface area contributed by atoms with E-state index in [1.807, 2.05) is 24.3 Å². The van der Waals surface area contributed by atoms with E-state index in [2.05, 4.69) is 29.4 Å². The van der Waals surface area contributed by atoms with Gasteiger partial charge < -0.3 is 9.47 Å². The van der Waals surface area contributed by atoms with Gasteiger partial charge in [0.15, 0.2) is 0 Å². The van der Waals surface area contributed by atoms with E-state index in [0.29, 0.717) is 0 Å². The van der Waals surface area contributed by atoms with Crippen LogP contribution in [0.3, 0.4) is 0 Å². The molecule has 0 atom stereocenters. The van der Waals surface area contributed by atoms with Crippen LogP contribution in [0.2, 0.25) is 0 Å². The Bertz CT molecular complexity index is 637. The molecule has 0 saturated heterocycles. The van der Waals surface area contributed by atoms with Crippen molar-refractivity contribution in [3.63, 3.8) is 0 Å². The van der Waals surface area contributed by atoms with Crippen LogP contribution >= 0.6 is 0 Å². The van der Waals surface area contributed by atoms with Crippen molar-refractivity contribution in [1.29, 1.82) is 0 Å². The van der Waals surface area contributed by atoms with Crippen molar-refractivity contribution in [2.75, 3.05) is 27.3 Å². The summed E-state index contributed by atoms with van der Waals surface area (Å²) in [6.07, 6.45) is 9.05. The van der Waals surface area contributed by atoms with Crippen molar-refractivity contribution in [3.05, 3.63) is 48.1 Å². The number of hydrogen-bond acceptors (Lipinski definition) is 3. The van der Waals surface area contributed by atoms with Gasteiger partial charge in [-0.1, -0.05) is 30.1 Å². The summed E-state index contributed by atoms with van der Waals surface area (Å²) in [5.74, 6) is 8.28. The molecule has 1 aromatic carbocycles. The zero-order chi connectivity index (χ0) is 17.2. The Morgan fingerprint density at radius 2 is 2.12 bits per heavy atom. The summed E-state index contributed by atoms with van der Waals surface area (Å²) >= 11 is 0. The molecule has 0 aliphatic heterocycles. The molecule has 0 unspecified atom stereocenters. The van der Waals surface area contributed by atoms with Crippen LogP contribution < -0.4 is 9.47 Å². The third-order valence-corrected chi connectivity index (χ3v) is 4.12. The molecule has 3 heteroatoms. The van der Waals surface area contributed by atoms with E-state index >= 15 is 0 Å². The van der Waals surface area contributed by atoms with Crippen LogP contribution in [0.4, 0.5) is 0 Å². The highest BCUT2D eigenvalue weighted by atomic mass is 16.5. The van der Waals surface area contributed by atoms with Gasteiger partial charge in [-0.3, -0.25) is 4.90 Å². The normalized spacial score (nSPS) is 13.7. The largest absolute Gasteiger partial charge is 0.497 e. The Kier molecular flexibility index (Phi) is 7.45. The minimum Gasteiger partial charge on any atom is -0.497 e. The van der Waals surface area contributed by atoms with Gasteiger partial charge in [-0.15, -0.1) is 6.58 Å². The summed E-state index contributed by atoms with van der Waals surface area (Å²) in [6, 6.07) is 5.92. The summed E-state index contributed by atoms with van der Waals surface area (Å²) < 4.78 is 10.7. The monoisotopic (exact) mass is 325 g/mol. The van der Waals surface area contributed by atoms with Crippen molar-refractivity contribution < 1.29 is 9.47 Å². The minimum absolute atomic E-state index is 0.721. The third kappa shape index (κ3) is 5.47. The van der Waals surface area contributed by atoms with Gasteiger partial charge in [-0.25, -0.2) is 0 Å². The van der Waals surface area contributed by atoms with Crippen LogP contribution in [0, 0.1) is 11.8 Å². The Labute approximate surface area is 146 Å². The van der Waals surface area contributed by atoms with Gasteiger partial charge in [0.05, 0.1) is 20.8 Å². The van der Waals surface area contributed by atoms with Crippen LogP contribution in [0.1, 0.15) is 31.2 Å². The molecule has 0 amide bonds. The van der Waals surface area contributed by atoms with Crippen molar-refractivity contribution in [2.24, 2.45) is 0 Å². The molecule has 24 heavy (non-hydrogen) atoms. The molecule has 0 fully saturated rings. The molecular formula is C21H27NO2. The van der Waals surface area contributed by atoms with Gasteiger partial charge >= 0.3 is 0 Å². The van der Waals surface area contributed by atoms with Gasteiger partial charge in [-0.2, -0.15) is 0 Å². The Morgan fingerprint density at radius 3 is 2.79 bits per heavy atom. The highest BCUT2D eigenvalue weighted by Crippen LogP contribution is 2.25. The van der Waals surface area contributed by atoms with E-state index in [0.717, 1.165) is 43.1 Å². The number of hydrogen-bond donors (Lipinski definition) is 0. The lowest BCUT2D eigenvalue weighted by atomic mass is 10.0. The lowest BCUT2D eigenvalue weighted by molar-refractivity contribution is 0.320. The van der Waals surface area contributed by atoms with E-state index in [4.69, 9.17) is 9.47 Å². The molecule has 128 valence electrons. The van der Waals surface area contributed by atoms with Crippen LogP contribution in [0.15, 0.2) is 42.5 Å². The molecule has 0 N–H and O–H groups in total. The van der Waals surface area contributed by atoms with Crippen molar-refractivity contribution in [3.8, 4) is 23.3 Å². The lowest BCUT2D eigenvalue weighted by Gasteiger charge is -2.20. The van der Waals surface area contributed by atoms with Gasteiger partial charge in [0.2, 0.25) is 0 Å². The maximum absolute atomic E-state index is 5.49. The molecule has 0 saturated carbocycles. The summed E-state index contributed by atoms with van der Waals surface area (Å²) in [4.78, 5) is 2.26. The fourth-order valence-corrected chi connectivity index (χ4v) is 2.81. The predicted molar refractivity (Wildman–Crippen MR) is 99.3 cm³/mol. The Hall–Kier alpha value is -2.18. The first-order valence-corrected chi connectivity index (χ1v) is 8.49. The first-order chi connectivity index (χ1) is 11.8. The maximum Gasteiger partial charge on any atom is 0.127 e. The summed E-state index contributed by atoms with van der Waals surface area (Å²) in [5, 5.41) is 0. The van der Waals surface area contributed by atoms with Crippen molar-refractivity contribution in [1.82, 2.24) is 4.90 Å². The molecule has 1 aliphatic rings. The molecule has 0 aromatic heterocycles. The van der Waals surface area contributed by atoms with Crippen molar-refractivity contribution in [2.45, 2.75) is 32.2 Å². The summed E-state index contributed by atoms with van der Waals surface area (Å²) in [6.45, 7) is 6.14. The fraction of sp³-hybridized carbons (Fsp3) is 0.429. The zero-order valence-corrected chi connectivity index (χ0v) is 14.8. The smallest absolute Gasteiger partial charge is 0.127 e. The number of benzene rings is 1. The lowest BCUT2D eigenvalue weighted by Crippen LogP contribution is -2.24. The van der Waals surface area contributed by atoms with E-state index in [-0.39, 0.29) is 0 Å². The van der Waals surface area contributed by atoms with Crippen LogP contribution in [0.25, 0.3) is 0 Å². The number of methoxy groups -OCH3 is 2. The SMILES string of the molecule is C=CCN(CC#CC1=CCCCC1)Cc1ccc(OC)cc1OC. The zero-order valence-electron chi connectivity index (χ0n) is 14.8. The predicted octanol–water partition coefficient (Wildman–Crippen LogP) is 4.20. The second-order valence-electron chi connectivity index (χ2n) is 5.91. The number of allylic oxidation sites excluding steroid dienone is 2. The Balaban J connectivity index is 2.04. The molecule has 0 radical (unpaired) electrons. The topological polar surface area (TPSA) is 21.7 Å². The number of nitrogens with zero attached hydrogens (tertiary/aromatic N) is 1. The molecule has 1 aliphatic carbocycles. The number of rotatable bonds is 7. The maximum atomic E-state index is 5.49. The second kappa shape index (κ2) is 9.85. The number of ether oxygens (including phenoxy) is 2. The first kappa shape index (κ1) is 18.2. The third-order valence-electron chi connectivity index (χ3n) is 4.12. The molecule has 0 bridgehead atoms. The van der Waals surface area contributed by atoms with E-state index in [9.17, 15) is 0 Å².